The lowest BCUT2D eigenvalue weighted by molar-refractivity contribution is 0.217. The van der Waals surface area contributed by atoms with Crippen LogP contribution in [0.4, 0.5) is 0 Å². The van der Waals surface area contributed by atoms with Gasteiger partial charge in [-0.2, -0.15) is 5.10 Å². The lowest BCUT2D eigenvalue weighted by atomic mass is 10.1. The first-order valence-electron chi connectivity index (χ1n) is 5.62. The first-order valence-corrected chi connectivity index (χ1v) is 6.73. The summed E-state index contributed by atoms with van der Waals surface area (Å²) in [6, 6.07) is 1.59. The average molecular weight is 243 g/mol. The summed E-state index contributed by atoms with van der Waals surface area (Å²) in [4.78, 5) is 2.42. The van der Waals surface area contributed by atoms with Crippen LogP contribution in [0.5, 0.6) is 0 Å². The third kappa shape index (κ3) is 3.13. The minimum atomic E-state index is -1.96. The molecule has 0 radical (unpaired) electrons. The largest absolute Gasteiger partial charge is 0.301 e. The van der Waals surface area contributed by atoms with Crippen LogP contribution < -0.4 is 0 Å². The van der Waals surface area contributed by atoms with Crippen LogP contribution >= 0.6 is 0 Å². The molecule has 1 atom stereocenters. The summed E-state index contributed by atoms with van der Waals surface area (Å²) < 4.78 is 21.3. The maximum atomic E-state index is 10.7. The summed E-state index contributed by atoms with van der Waals surface area (Å²) in [5.41, 5.74) is 0. The quantitative estimate of drug-likeness (QED) is 0.800. The normalized spacial score (nSPS) is 19.8. The highest BCUT2D eigenvalue weighted by Gasteiger charge is 2.10. The van der Waals surface area contributed by atoms with E-state index in [0.717, 1.165) is 13.1 Å². The van der Waals surface area contributed by atoms with Crippen molar-refractivity contribution in [2.24, 2.45) is 0 Å². The second-order valence-corrected chi connectivity index (χ2v) is 4.99. The maximum absolute atomic E-state index is 10.7. The zero-order valence-corrected chi connectivity index (χ0v) is 10.0. The Morgan fingerprint density at radius 3 is 2.69 bits per heavy atom. The smallest absolute Gasteiger partial charge is 0.207 e. The molecular weight excluding hydrogens is 226 g/mol. The number of likely N-dealkylation sites (tertiary alicyclic amines) is 1. The van der Waals surface area contributed by atoms with E-state index in [9.17, 15) is 4.21 Å². The summed E-state index contributed by atoms with van der Waals surface area (Å²) in [5, 5.41) is 4.27. The van der Waals surface area contributed by atoms with Crippen molar-refractivity contribution in [3.05, 3.63) is 12.3 Å². The predicted molar refractivity (Wildman–Crippen MR) is 61.6 cm³/mol. The molecule has 1 unspecified atom stereocenters. The van der Waals surface area contributed by atoms with Gasteiger partial charge in [0.2, 0.25) is 11.1 Å². The van der Waals surface area contributed by atoms with Crippen molar-refractivity contribution in [3.8, 4) is 0 Å². The molecule has 5 nitrogen and oxygen atoms in total. The van der Waals surface area contributed by atoms with Crippen molar-refractivity contribution in [3.63, 3.8) is 0 Å². The van der Waals surface area contributed by atoms with E-state index in [1.54, 1.807) is 16.9 Å². The molecule has 1 saturated heterocycles. The Balaban J connectivity index is 1.81. The second kappa shape index (κ2) is 5.56. The predicted octanol–water partition coefficient (Wildman–Crippen LogP) is 0.950. The summed E-state index contributed by atoms with van der Waals surface area (Å²) >= 11 is -1.96. The molecule has 16 heavy (non-hydrogen) atoms. The molecule has 1 aliphatic rings. The fraction of sp³-hybridized carbons (Fsp3) is 0.700. The molecule has 1 aromatic rings. The van der Waals surface area contributed by atoms with Crippen LogP contribution in [0.2, 0.25) is 0 Å². The topological polar surface area (TPSA) is 58.4 Å². The fourth-order valence-electron chi connectivity index (χ4n) is 1.99. The summed E-state index contributed by atoms with van der Waals surface area (Å²) in [6.07, 6.45) is 5.66. The van der Waals surface area contributed by atoms with E-state index < -0.39 is 11.1 Å². The highest BCUT2D eigenvalue weighted by Crippen LogP contribution is 2.08. The minimum absolute atomic E-state index is 0.235. The van der Waals surface area contributed by atoms with Crippen LogP contribution in [-0.4, -0.2) is 43.1 Å². The lowest BCUT2D eigenvalue weighted by Crippen LogP contribution is -2.32. The number of nitrogens with zero attached hydrogens (tertiary/aromatic N) is 3. The maximum Gasteiger partial charge on any atom is 0.207 e. The monoisotopic (exact) mass is 243 g/mol. The molecular formula is C10H17N3O2S. The molecule has 0 amide bonds. The minimum Gasteiger partial charge on any atom is -0.301 e. The van der Waals surface area contributed by atoms with E-state index in [-0.39, 0.29) is 5.03 Å². The van der Waals surface area contributed by atoms with E-state index >= 15 is 0 Å². The van der Waals surface area contributed by atoms with Gasteiger partial charge < -0.3 is 9.45 Å². The Bertz CT molecular complexity index is 361. The fourth-order valence-corrected chi connectivity index (χ4v) is 2.34. The van der Waals surface area contributed by atoms with Crippen molar-refractivity contribution < 1.29 is 8.76 Å². The van der Waals surface area contributed by atoms with Gasteiger partial charge in [0, 0.05) is 12.7 Å². The van der Waals surface area contributed by atoms with Crippen molar-refractivity contribution in [2.75, 3.05) is 19.6 Å². The van der Waals surface area contributed by atoms with Gasteiger partial charge in [-0.1, -0.05) is 6.42 Å². The number of hydrogen-bond acceptors (Lipinski definition) is 3. The van der Waals surface area contributed by atoms with Crippen molar-refractivity contribution in [2.45, 2.75) is 30.8 Å². The first-order chi connectivity index (χ1) is 7.75. The zero-order chi connectivity index (χ0) is 11.4. The molecule has 1 fully saturated rings. The third-order valence-corrected chi connectivity index (χ3v) is 3.46. The zero-order valence-electron chi connectivity index (χ0n) is 9.21. The molecule has 6 heteroatoms. The van der Waals surface area contributed by atoms with Crippen molar-refractivity contribution in [1.82, 2.24) is 14.7 Å². The van der Waals surface area contributed by atoms with Gasteiger partial charge in [-0.25, -0.2) is 4.21 Å². The molecule has 2 heterocycles. The van der Waals surface area contributed by atoms with Gasteiger partial charge in [-0.15, -0.1) is 0 Å². The standard InChI is InChI=1S/C10H17N3O2S/c14-16(15)10-4-7-13(11-10)9-8-12-5-2-1-3-6-12/h4,7H,1-3,5-6,8-9H2,(H,14,15). The highest BCUT2D eigenvalue weighted by atomic mass is 32.2. The van der Waals surface area contributed by atoms with E-state index in [1.807, 2.05) is 0 Å². The van der Waals surface area contributed by atoms with Gasteiger partial charge in [0.05, 0.1) is 6.54 Å². The molecule has 0 spiro atoms. The number of aromatic nitrogens is 2. The van der Waals surface area contributed by atoms with Gasteiger partial charge in [-0.05, 0) is 32.0 Å². The molecule has 0 bridgehead atoms. The number of rotatable bonds is 4. The SMILES string of the molecule is O=S(O)c1ccn(CCN2CCCCC2)n1. The van der Waals surface area contributed by atoms with Crippen LogP contribution in [0.15, 0.2) is 17.3 Å². The van der Waals surface area contributed by atoms with Crippen molar-refractivity contribution in [1.29, 1.82) is 0 Å². The second-order valence-electron chi connectivity index (χ2n) is 4.07. The number of piperidine rings is 1. The van der Waals surface area contributed by atoms with Gasteiger partial charge in [0.1, 0.15) is 0 Å². The van der Waals surface area contributed by atoms with E-state index in [2.05, 4.69) is 10.00 Å². The van der Waals surface area contributed by atoms with Crippen LogP contribution in [-0.2, 0) is 17.6 Å². The lowest BCUT2D eigenvalue weighted by Gasteiger charge is -2.26. The van der Waals surface area contributed by atoms with Crippen molar-refractivity contribution >= 4 is 11.1 Å². The van der Waals surface area contributed by atoms with Gasteiger partial charge in [-0.3, -0.25) is 4.68 Å². The third-order valence-electron chi connectivity index (χ3n) is 2.89. The molecule has 2 rings (SSSR count). The molecule has 0 aliphatic carbocycles. The molecule has 90 valence electrons. The molecule has 0 saturated carbocycles. The highest BCUT2D eigenvalue weighted by molar-refractivity contribution is 7.79. The molecule has 1 N–H and O–H groups in total. The van der Waals surface area contributed by atoms with Gasteiger partial charge in [0.25, 0.3) is 0 Å². The van der Waals surface area contributed by atoms with Crippen LogP contribution in [0.25, 0.3) is 0 Å². The Morgan fingerprint density at radius 1 is 1.31 bits per heavy atom. The Morgan fingerprint density at radius 2 is 2.06 bits per heavy atom. The molecule has 1 aliphatic heterocycles. The first kappa shape index (κ1) is 11.8. The van der Waals surface area contributed by atoms with E-state index in [0.29, 0.717) is 0 Å². The summed E-state index contributed by atoms with van der Waals surface area (Å²) in [6.45, 7) is 4.09. The molecule has 1 aromatic heterocycles. The molecule has 0 aromatic carbocycles. The van der Waals surface area contributed by atoms with Crippen LogP contribution in [0.1, 0.15) is 19.3 Å². The van der Waals surface area contributed by atoms with Gasteiger partial charge >= 0.3 is 0 Å². The summed E-state index contributed by atoms with van der Waals surface area (Å²) in [7, 11) is 0. The Kier molecular flexibility index (Phi) is 4.09. The number of hydrogen-bond donors (Lipinski definition) is 1. The summed E-state index contributed by atoms with van der Waals surface area (Å²) in [5.74, 6) is 0. The van der Waals surface area contributed by atoms with Gasteiger partial charge in [0.15, 0.2) is 5.03 Å². The average Bonchev–Trinajstić information content (AvgIpc) is 2.76. The van der Waals surface area contributed by atoms with E-state index in [1.165, 1.54) is 32.4 Å². The Hall–Kier alpha value is -0.720. The Labute approximate surface area is 97.7 Å². The van der Waals surface area contributed by atoms with E-state index in [4.69, 9.17) is 4.55 Å². The van der Waals surface area contributed by atoms with Crippen LogP contribution in [0, 0.1) is 0 Å². The van der Waals surface area contributed by atoms with Crippen LogP contribution in [0.3, 0.4) is 0 Å².